The van der Waals surface area contributed by atoms with Crippen LogP contribution in [0.15, 0.2) is 36.5 Å². The van der Waals surface area contributed by atoms with E-state index in [9.17, 15) is 0 Å². The van der Waals surface area contributed by atoms with Crippen molar-refractivity contribution in [2.75, 3.05) is 5.73 Å². The first-order chi connectivity index (χ1) is 7.65. The molecule has 0 radical (unpaired) electrons. The molecule has 0 saturated heterocycles. The van der Waals surface area contributed by atoms with Crippen molar-refractivity contribution in [3.63, 3.8) is 0 Å². The summed E-state index contributed by atoms with van der Waals surface area (Å²) in [5.41, 5.74) is 8.51. The zero-order chi connectivity index (χ0) is 11.5. The van der Waals surface area contributed by atoms with E-state index in [1.165, 1.54) is 0 Å². The van der Waals surface area contributed by atoms with Crippen LogP contribution in [0, 0.1) is 13.8 Å². The van der Waals surface area contributed by atoms with Gasteiger partial charge in [-0.05, 0) is 37.6 Å². The standard InChI is InChI=1S/C13H14N2O/c1-9-3-4-12(14)13(7-9)16-11-5-6-15-10(2)8-11/h3-8H,14H2,1-2H3. The van der Waals surface area contributed by atoms with Crippen molar-refractivity contribution >= 4 is 5.69 Å². The van der Waals surface area contributed by atoms with Gasteiger partial charge in [-0.2, -0.15) is 0 Å². The maximum atomic E-state index is 5.83. The van der Waals surface area contributed by atoms with Gasteiger partial charge in [0.1, 0.15) is 5.75 Å². The van der Waals surface area contributed by atoms with E-state index in [4.69, 9.17) is 10.5 Å². The normalized spacial score (nSPS) is 10.1. The van der Waals surface area contributed by atoms with Crippen LogP contribution in [-0.4, -0.2) is 4.98 Å². The van der Waals surface area contributed by atoms with Crippen LogP contribution < -0.4 is 10.5 Å². The number of aromatic nitrogens is 1. The van der Waals surface area contributed by atoms with Gasteiger partial charge < -0.3 is 10.5 Å². The van der Waals surface area contributed by atoms with Crippen LogP contribution in [-0.2, 0) is 0 Å². The second-order valence-corrected chi connectivity index (χ2v) is 3.78. The van der Waals surface area contributed by atoms with Gasteiger partial charge in [0.2, 0.25) is 0 Å². The average molecular weight is 214 g/mol. The van der Waals surface area contributed by atoms with Crippen LogP contribution in [0.5, 0.6) is 11.5 Å². The number of hydrogen-bond donors (Lipinski definition) is 1. The number of hydrogen-bond acceptors (Lipinski definition) is 3. The Labute approximate surface area is 94.9 Å². The lowest BCUT2D eigenvalue weighted by molar-refractivity contribution is 0.483. The Kier molecular flexibility index (Phi) is 2.77. The van der Waals surface area contributed by atoms with Crippen LogP contribution >= 0.6 is 0 Å². The average Bonchev–Trinajstić information content (AvgIpc) is 2.24. The summed E-state index contributed by atoms with van der Waals surface area (Å²) in [5.74, 6) is 1.44. The molecule has 82 valence electrons. The van der Waals surface area contributed by atoms with Crippen LogP contribution in [0.25, 0.3) is 0 Å². The van der Waals surface area contributed by atoms with E-state index in [0.29, 0.717) is 11.4 Å². The number of aryl methyl sites for hydroxylation is 2. The number of benzene rings is 1. The lowest BCUT2D eigenvalue weighted by atomic mass is 10.2. The van der Waals surface area contributed by atoms with Gasteiger partial charge in [-0.25, -0.2) is 0 Å². The number of ether oxygens (including phenoxy) is 1. The molecular formula is C13H14N2O. The minimum Gasteiger partial charge on any atom is -0.455 e. The lowest BCUT2D eigenvalue weighted by Crippen LogP contribution is -1.93. The minimum atomic E-state index is 0.639. The number of nitrogen functional groups attached to an aromatic ring is 1. The quantitative estimate of drug-likeness (QED) is 0.781. The number of pyridine rings is 1. The molecule has 0 spiro atoms. The summed E-state index contributed by atoms with van der Waals surface area (Å²) in [5, 5.41) is 0. The number of anilines is 1. The van der Waals surface area contributed by atoms with Crippen molar-refractivity contribution in [2.45, 2.75) is 13.8 Å². The van der Waals surface area contributed by atoms with E-state index in [-0.39, 0.29) is 0 Å². The smallest absolute Gasteiger partial charge is 0.150 e. The van der Waals surface area contributed by atoms with Crippen LogP contribution in [0.2, 0.25) is 0 Å². The molecule has 0 atom stereocenters. The van der Waals surface area contributed by atoms with Crippen molar-refractivity contribution in [3.05, 3.63) is 47.8 Å². The fourth-order valence-electron chi connectivity index (χ4n) is 1.44. The van der Waals surface area contributed by atoms with E-state index in [1.807, 2.05) is 44.2 Å². The lowest BCUT2D eigenvalue weighted by Gasteiger charge is -2.09. The summed E-state index contributed by atoms with van der Waals surface area (Å²) in [6.07, 6.45) is 1.72. The Morgan fingerprint density at radius 1 is 1.12 bits per heavy atom. The van der Waals surface area contributed by atoms with E-state index >= 15 is 0 Å². The Morgan fingerprint density at radius 2 is 1.94 bits per heavy atom. The van der Waals surface area contributed by atoms with Crippen molar-refractivity contribution < 1.29 is 4.74 Å². The first kappa shape index (κ1) is 10.5. The number of nitrogens with two attached hydrogens (primary N) is 1. The summed E-state index contributed by atoms with van der Waals surface area (Å²) >= 11 is 0. The molecule has 2 rings (SSSR count). The van der Waals surface area contributed by atoms with E-state index in [0.717, 1.165) is 17.0 Å². The van der Waals surface area contributed by atoms with Gasteiger partial charge in [0, 0.05) is 18.0 Å². The highest BCUT2D eigenvalue weighted by molar-refractivity contribution is 5.55. The van der Waals surface area contributed by atoms with Crippen molar-refractivity contribution in [1.82, 2.24) is 4.98 Å². The fourth-order valence-corrected chi connectivity index (χ4v) is 1.44. The Bertz CT molecular complexity index is 509. The maximum Gasteiger partial charge on any atom is 0.150 e. The van der Waals surface area contributed by atoms with Crippen molar-refractivity contribution in [2.24, 2.45) is 0 Å². The minimum absolute atomic E-state index is 0.639. The summed E-state index contributed by atoms with van der Waals surface area (Å²) in [4.78, 5) is 4.11. The summed E-state index contributed by atoms with van der Waals surface area (Å²) < 4.78 is 5.71. The molecular weight excluding hydrogens is 200 g/mol. The van der Waals surface area contributed by atoms with Gasteiger partial charge >= 0.3 is 0 Å². The van der Waals surface area contributed by atoms with Gasteiger partial charge in [0.25, 0.3) is 0 Å². The molecule has 0 saturated carbocycles. The van der Waals surface area contributed by atoms with E-state index < -0.39 is 0 Å². The third-order valence-electron chi connectivity index (χ3n) is 2.26. The highest BCUT2D eigenvalue weighted by atomic mass is 16.5. The van der Waals surface area contributed by atoms with Crippen LogP contribution in [0.1, 0.15) is 11.3 Å². The first-order valence-electron chi connectivity index (χ1n) is 5.12. The van der Waals surface area contributed by atoms with Gasteiger partial charge in [-0.1, -0.05) is 6.07 Å². The van der Waals surface area contributed by atoms with Gasteiger partial charge in [-0.15, -0.1) is 0 Å². The second kappa shape index (κ2) is 4.23. The highest BCUT2D eigenvalue weighted by Gasteiger charge is 2.02. The molecule has 0 amide bonds. The first-order valence-corrected chi connectivity index (χ1v) is 5.12. The molecule has 3 nitrogen and oxygen atoms in total. The van der Waals surface area contributed by atoms with Gasteiger partial charge in [-0.3, -0.25) is 4.98 Å². The van der Waals surface area contributed by atoms with Crippen LogP contribution in [0.4, 0.5) is 5.69 Å². The summed E-state index contributed by atoms with van der Waals surface area (Å²) in [7, 11) is 0. The molecule has 1 aromatic heterocycles. The van der Waals surface area contributed by atoms with E-state index in [2.05, 4.69) is 4.98 Å². The summed E-state index contributed by atoms with van der Waals surface area (Å²) in [6, 6.07) is 9.42. The third-order valence-corrected chi connectivity index (χ3v) is 2.26. The highest BCUT2D eigenvalue weighted by Crippen LogP contribution is 2.28. The number of nitrogens with zero attached hydrogens (tertiary/aromatic N) is 1. The van der Waals surface area contributed by atoms with Crippen molar-refractivity contribution in [1.29, 1.82) is 0 Å². The molecule has 0 aliphatic heterocycles. The Balaban J connectivity index is 2.30. The Morgan fingerprint density at radius 3 is 2.69 bits per heavy atom. The monoisotopic (exact) mass is 214 g/mol. The zero-order valence-corrected chi connectivity index (χ0v) is 9.40. The Hall–Kier alpha value is -2.03. The zero-order valence-electron chi connectivity index (χ0n) is 9.40. The molecule has 0 aliphatic carbocycles. The SMILES string of the molecule is Cc1ccc(N)c(Oc2ccnc(C)c2)c1. The fraction of sp³-hybridized carbons (Fsp3) is 0.154. The third kappa shape index (κ3) is 2.31. The van der Waals surface area contributed by atoms with Gasteiger partial charge in [0.05, 0.1) is 5.69 Å². The van der Waals surface area contributed by atoms with E-state index in [1.54, 1.807) is 6.20 Å². The molecule has 0 fully saturated rings. The molecule has 1 aromatic carbocycles. The number of rotatable bonds is 2. The maximum absolute atomic E-state index is 5.83. The van der Waals surface area contributed by atoms with Gasteiger partial charge in [0.15, 0.2) is 5.75 Å². The molecule has 3 heteroatoms. The van der Waals surface area contributed by atoms with Crippen LogP contribution in [0.3, 0.4) is 0 Å². The molecule has 16 heavy (non-hydrogen) atoms. The molecule has 2 aromatic rings. The molecule has 0 unspecified atom stereocenters. The summed E-state index contributed by atoms with van der Waals surface area (Å²) in [6.45, 7) is 3.93. The molecule has 0 bridgehead atoms. The molecule has 1 heterocycles. The largest absolute Gasteiger partial charge is 0.455 e. The van der Waals surface area contributed by atoms with Crippen molar-refractivity contribution in [3.8, 4) is 11.5 Å². The topological polar surface area (TPSA) is 48.1 Å². The molecule has 2 N–H and O–H groups in total. The predicted octanol–water partition coefficient (Wildman–Crippen LogP) is 3.07. The predicted molar refractivity (Wildman–Crippen MR) is 64.6 cm³/mol. The second-order valence-electron chi connectivity index (χ2n) is 3.78. The molecule has 0 aliphatic rings.